The summed E-state index contributed by atoms with van der Waals surface area (Å²) in [5, 5.41) is 3.57. The van der Waals surface area contributed by atoms with Crippen LogP contribution in [0, 0.1) is 11.8 Å². The van der Waals surface area contributed by atoms with Crippen LogP contribution in [-0.2, 0) is 4.74 Å². The molecule has 1 N–H and O–H groups in total. The molecule has 0 atom stereocenters. The van der Waals surface area contributed by atoms with Gasteiger partial charge in [0.1, 0.15) is 0 Å². The fourth-order valence-electron chi connectivity index (χ4n) is 3.67. The average Bonchev–Trinajstić information content (AvgIpc) is 2.48. The minimum Gasteiger partial charge on any atom is -0.380 e. The Kier molecular flexibility index (Phi) is 7.87. The van der Waals surface area contributed by atoms with E-state index < -0.39 is 0 Å². The lowest BCUT2D eigenvalue weighted by Crippen LogP contribution is -2.27. The summed E-state index contributed by atoms with van der Waals surface area (Å²) in [5.41, 5.74) is 0. The summed E-state index contributed by atoms with van der Waals surface area (Å²) < 4.78 is 5.76. The molecular weight excluding hydrogens is 234 g/mol. The van der Waals surface area contributed by atoms with Gasteiger partial charge in [-0.3, -0.25) is 0 Å². The van der Waals surface area contributed by atoms with Crippen molar-refractivity contribution in [3.63, 3.8) is 0 Å². The molecule has 0 bridgehead atoms. The lowest BCUT2D eigenvalue weighted by molar-refractivity contribution is 0.114. The summed E-state index contributed by atoms with van der Waals surface area (Å²) in [6.45, 7) is 4.14. The van der Waals surface area contributed by atoms with E-state index in [1.165, 1.54) is 77.2 Å². The van der Waals surface area contributed by atoms with Crippen molar-refractivity contribution in [2.24, 2.45) is 11.8 Å². The zero-order valence-electron chi connectivity index (χ0n) is 12.7. The topological polar surface area (TPSA) is 21.3 Å². The van der Waals surface area contributed by atoms with Gasteiger partial charge < -0.3 is 10.1 Å². The molecule has 2 nitrogen and oxygen atoms in total. The summed E-state index contributed by atoms with van der Waals surface area (Å²) in [6, 6.07) is 0. The van der Waals surface area contributed by atoms with Gasteiger partial charge in [0.25, 0.3) is 0 Å². The Balaban J connectivity index is 1.35. The monoisotopic (exact) mass is 267 g/mol. The van der Waals surface area contributed by atoms with Crippen molar-refractivity contribution in [3.8, 4) is 0 Å². The Morgan fingerprint density at radius 3 is 2.05 bits per heavy atom. The quantitative estimate of drug-likeness (QED) is 0.667. The van der Waals surface area contributed by atoms with Crippen LogP contribution in [0.15, 0.2) is 0 Å². The van der Waals surface area contributed by atoms with Crippen molar-refractivity contribution in [1.82, 2.24) is 5.32 Å². The van der Waals surface area contributed by atoms with Gasteiger partial charge in [-0.05, 0) is 37.6 Å². The van der Waals surface area contributed by atoms with E-state index in [9.17, 15) is 0 Å². The molecule has 0 amide bonds. The van der Waals surface area contributed by atoms with Gasteiger partial charge in [-0.1, -0.05) is 51.4 Å². The van der Waals surface area contributed by atoms with Crippen molar-refractivity contribution in [1.29, 1.82) is 0 Å². The number of nitrogens with one attached hydrogen (secondary N) is 1. The molecule has 0 spiro atoms. The largest absolute Gasteiger partial charge is 0.380 e. The molecule has 0 aliphatic heterocycles. The van der Waals surface area contributed by atoms with E-state index in [1.54, 1.807) is 0 Å². The van der Waals surface area contributed by atoms with Crippen LogP contribution in [0.5, 0.6) is 0 Å². The highest BCUT2D eigenvalue weighted by Gasteiger charge is 2.13. The van der Waals surface area contributed by atoms with Crippen molar-refractivity contribution in [2.75, 3.05) is 26.3 Å². The second-order valence-corrected chi connectivity index (χ2v) is 6.61. The molecule has 0 saturated heterocycles. The van der Waals surface area contributed by atoms with E-state index >= 15 is 0 Å². The van der Waals surface area contributed by atoms with Gasteiger partial charge in [-0.2, -0.15) is 0 Å². The first kappa shape index (κ1) is 15.3. The highest BCUT2D eigenvalue weighted by atomic mass is 16.5. The first-order chi connectivity index (χ1) is 9.45. The Labute approximate surface area is 119 Å². The Morgan fingerprint density at radius 1 is 0.737 bits per heavy atom. The predicted octanol–water partition coefficient (Wildman–Crippen LogP) is 4.14. The van der Waals surface area contributed by atoms with Crippen LogP contribution in [0.1, 0.15) is 70.6 Å². The van der Waals surface area contributed by atoms with Gasteiger partial charge in [-0.15, -0.1) is 0 Å². The highest BCUT2D eigenvalue weighted by molar-refractivity contribution is 4.68. The Hall–Kier alpha value is -0.0800. The van der Waals surface area contributed by atoms with Crippen LogP contribution < -0.4 is 5.32 Å². The lowest BCUT2D eigenvalue weighted by Gasteiger charge is -2.22. The minimum atomic E-state index is 0.902. The van der Waals surface area contributed by atoms with Crippen molar-refractivity contribution >= 4 is 0 Å². The van der Waals surface area contributed by atoms with Crippen LogP contribution in [0.25, 0.3) is 0 Å². The fourth-order valence-corrected chi connectivity index (χ4v) is 3.67. The van der Waals surface area contributed by atoms with Crippen LogP contribution in [0.4, 0.5) is 0 Å². The van der Waals surface area contributed by atoms with Crippen LogP contribution in [0.3, 0.4) is 0 Å². The van der Waals surface area contributed by atoms with Gasteiger partial charge >= 0.3 is 0 Å². The van der Waals surface area contributed by atoms with Crippen LogP contribution in [-0.4, -0.2) is 26.3 Å². The number of hydrogen-bond acceptors (Lipinski definition) is 2. The molecule has 0 aromatic rings. The average molecular weight is 267 g/mol. The van der Waals surface area contributed by atoms with Crippen molar-refractivity contribution < 1.29 is 4.74 Å². The van der Waals surface area contributed by atoms with E-state index in [2.05, 4.69) is 5.32 Å². The van der Waals surface area contributed by atoms with Gasteiger partial charge in [-0.25, -0.2) is 0 Å². The summed E-state index contributed by atoms with van der Waals surface area (Å²) in [4.78, 5) is 0. The molecule has 0 unspecified atom stereocenters. The van der Waals surface area contributed by atoms with E-state index in [0.29, 0.717) is 0 Å². The maximum absolute atomic E-state index is 5.76. The third-order valence-electron chi connectivity index (χ3n) is 4.98. The SMILES string of the molecule is C1CCC(CCOCCNCC2CCCCC2)CC1. The minimum absolute atomic E-state index is 0.902. The van der Waals surface area contributed by atoms with Crippen LogP contribution >= 0.6 is 0 Å². The van der Waals surface area contributed by atoms with Gasteiger partial charge in [0.15, 0.2) is 0 Å². The van der Waals surface area contributed by atoms with Gasteiger partial charge in [0.2, 0.25) is 0 Å². The van der Waals surface area contributed by atoms with E-state index in [0.717, 1.165) is 31.6 Å². The highest BCUT2D eigenvalue weighted by Crippen LogP contribution is 2.26. The van der Waals surface area contributed by atoms with Gasteiger partial charge in [0, 0.05) is 13.2 Å². The maximum atomic E-state index is 5.76. The molecule has 112 valence electrons. The molecule has 2 saturated carbocycles. The number of hydrogen-bond donors (Lipinski definition) is 1. The normalized spacial score (nSPS) is 22.7. The van der Waals surface area contributed by atoms with E-state index in [1.807, 2.05) is 0 Å². The molecule has 0 radical (unpaired) electrons. The van der Waals surface area contributed by atoms with Crippen molar-refractivity contribution in [2.45, 2.75) is 70.6 Å². The summed E-state index contributed by atoms with van der Waals surface area (Å²) >= 11 is 0. The zero-order chi connectivity index (χ0) is 13.2. The molecular formula is C17H33NO. The summed E-state index contributed by atoms with van der Waals surface area (Å²) in [7, 11) is 0. The molecule has 0 aromatic carbocycles. The Morgan fingerprint density at radius 2 is 1.37 bits per heavy atom. The zero-order valence-corrected chi connectivity index (χ0v) is 12.7. The first-order valence-corrected chi connectivity index (χ1v) is 8.73. The lowest BCUT2D eigenvalue weighted by atomic mass is 9.87. The van der Waals surface area contributed by atoms with E-state index in [4.69, 9.17) is 4.74 Å². The smallest absolute Gasteiger partial charge is 0.0590 e. The molecule has 0 aromatic heterocycles. The first-order valence-electron chi connectivity index (χ1n) is 8.73. The number of ether oxygens (including phenoxy) is 1. The molecule has 2 aliphatic carbocycles. The third kappa shape index (κ3) is 6.76. The molecule has 2 fully saturated rings. The van der Waals surface area contributed by atoms with E-state index in [-0.39, 0.29) is 0 Å². The van der Waals surface area contributed by atoms with Crippen LogP contribution in [0.2, 0.25) is 0 Å². The van der Waals surface area contributed by atoms with Gasteiger partial charge in [0.05, 0.1) is 6.61 Å². The molecule has 0 heterocycles. The predicted molar refractivity (Wildman–Crippen MR) is 81.5 cm³/mol. The maximum Gasteiger partial charge on any atom is 0.0590 e. The molecule has 2 aliphatic rings. The molecule has 2 rings (SSSR count). The molecule has 2 heteroatoms. The molecule has 19 heavy (non-hydrogen) atoms. The second kappa shape index (κ2) is 9.77. The number of rotatable bonds is 8. The summed E-state index contributed by atoms with van der Waals surface area (Å²) in [5.74, 6) is 1.90. The fraction of sp³-hybridized carbons (Fsp3) is 1.00. The Bertz CT molecular complexity index is 185. The third-order valence-corrected chi connectivity index (χ3v) is 4.98. The second-order valence-electron chi connectivity index (χ2n) is 6.61. The summed E-state index contributed by atoms with van der Waals surface area (Å²) in [6.07, 6.45) is 15.8. The van der Waals surface area contributed by atoms with Crippen molar-refractivity contribution in [3.05, 3.63) is 0 Å². The standard InChI is InChI=1S/C17H33NO/c1-3-7-16(8-4-1)11-13-19-14-12-18-15-17-9-5-2-6-10-17/h16-18H,1-15H2.